The Morgan fingerprint density at radius 1 is 1.21 bits per heavy atom. The van der Waals surface area contributed by atoms with Crippen molar-refractivity contribution in [3.05, 3.63) is 34.6 Å². The van der Waals surface area contributed by atoms with Gasteiger partial charge >= 0.3 is 0 Å². The van der Waals surface area contributed by atoms with Gasteiger partial charge in [0, 0.05) is 6.07 Å². The van der Waals surface area contributed by atoms with Gasteiger partial charge in [-0.3, -0.25) is 0 Å². The van der Waals surface area contributed by atoms with Crippen LogP contribution in [0.1, 0.15) is 0 Å². The molecule has 72 valence electrons. The summed E-state index contributed by atoms with van der Waals surface area (Å²) >= 11 is 11.3. The molecule has 0 spiro atoms. The zero-order valence-electron chi connectivity index (χ0n) is 6.65. The van der Waals surface area contributed by atoms with Crippen molar-refractivity contribution in [2.45, 2.75) is 0 Å². The van der Waals surface area contributed by atoms with Gasteiger partial charge in [0.1, 0.15) is 10.3 Å². The fourth-order valence-electron chi connectivity index (χ4n) is 0.892. The van der Waals surface area contributed by atoms with Gasteiger partial charge in [0.15, 0.2) is 5.82 Å². The van der Waals surface area contributed by atoms with Crippen molar-refractivity contribution < 1.29 is 4.39 Å². The molecule has 7 heteroatoms. The Labute approximate surface area is 88.3 Å². The van der Waals surface area contributed by atoms with E-state index in [1.165, 1.54) is 6.07 Å². The van der Waals surface area contributed by atoms with Crippen molar-refractivity contribution in [3.8, 4) is 5.95 Å². The SMILES string of the molecule is Fc1cnn(-c2nc(Cl)cc(Cl)n2)c1. The van der Waals surface area contributed by atoms with Crippen LogP contribution in [0.4, 0.5) is 4.39 Å². The summed E-state index contributed by atoms with van der Waals surface area (Å²) in [7, 11) is 0. The van der Waals surface area contributed by atoms with E-state index in [2.05, 4.69) is 15.1 Å². The van der Waals surface area contributed by atoms with Crippen LogP contribution < -0.4 is 0 Å². The second-order valence-electron chi connectivity index (χ2n) is 2.42. The van der Waals surface area contributed by atoms with Crippen molar-refractivity contribution >= 4 is 23.2 Å². The highest BCUT2D eigenvalue weighted by molar-refractivity contribution is 6.33. The molecule has 0 N–H and O–H groups in total. The topological polar surface area (TPSA) is 43.6 Å². The smallest absolute Gasteiger partial charge is 0.204 e. The zero-order valence-corrected chi connectivity index (χ0v) is 8.17. The molecule has 2 rings (SSSR count). The summed E-state index contributed by atoms with van der Waals surface area (Å²) < 4.78 is 13.8. The Morgan fingerprint density at radius 3 is 2.36 bits per heavy atom. The van der Waals surface area contributed by atoms with E-state index in [0.29, 0.717) is 0 Å². The highest BCUT2D eigenvalue weighted by Crippen LogP contribution is 2.13. The summed E-state index contributed by atoms with van der Waals surface area (Å²) in [5.41, 5.74) is 0. The van der Waals surface area contributed by atoms with E-state index in [-0.39, 0.29) is 16.3 Å². The molecule has 0 fully saturated rings. The molecule has 2 aromatic heterocycles. The van der Waals surface area contributed by atoms with Gasteiger partial charge < -0.3 is 0 Å². The standard InChI is InChI=1S/C7H3Cl2FN4/c8-5-1-6(9)13-7(12-5)14-3-4(10)2-11-14/h1-3H. The van der Waals surface area contributed by atoms with Crippen LogP contribution in [-0.2, 0) is 0 Å². The lowest BCUT2D eigenvalue weighted by Crippen LogP contribution is -2.01. The third kappa shape index (κ3) is 1.83. The molecular weight excluding hydrogens is 230 g/mol. The van der Waals surface area contributed by atoms with Crippen LogP contribution in [0.5, 0.6) is 0 Å². The van der Waals surface area contributed by atoms with Crippen LogP contribution in [0.25, 0.3) is 5.95 Å². The van der Waals surface area contributed by atoms with Crippen LogP contribution in [0.3, 0.4) is 0 Å². The third-order valence-corrected chi connectivity index (χ3v) is 1.80. The van der Waals surface area contributed by atoms with Crippen LogP contribution in [0, 0.1) is 5.82 Å². The Morgan fingerprint density at radius 2 is 1.86 bits per heavy atom. The van der Waals surface area contributed by atoms with Crippen molar-refractivity contribution in [2.24, 2.45) is 0 Å². The highest BCUT2D eigenvalue weighted by atomic mass is 35.5. The van der Waals surface area contributed by atoms with Gasteiger partial charge in [-0.1, -0.05) is 23.2 Å². The number of hydrogen-bond donors (Lipinski definition) is 0. The molecule has 0 saturated heterocycles. The minimum Gasteiger partial charge on any atom is -0.204 e. The van der Waals surface area contributed by atoms with Crippen molar-refractivity contribution in [1.82, 2.24) is 19.7 Å². The first-order chi connectivity index (χ1) is 6.65. The summed E-state index contributed by atoms with van der Waals surface area (Å²) in [6, 6.07) is 1.38. The van der Waals surface area contributed by atoms with Gasteiger partial charge in [0.2, 0.25) is 0 Å². The van der Waals surface area contributed by atoms with Crippen molar-refractivity contribution in [3.63, 3.8) is 0 Å². The van der Waals surface area contributed by atoms with E-state index < -0.39 is 5.82 Å². The monoisotopic (exact) mass is 232 g/mol. The van der Waals surface area contributed by atoms with Gasteiger partial charge in [-0.05, 0) is 0 Å². The highest BCUT2D eigenvalue weighted by Gasteiger charge is 2.05. The fourth-order valence-corrected chi connectivity index (χ4v) is 1.31. The summed E-state index contributed by atoms with van der Waals surface area (Å²) in [5.74, 6) is -0.351. The molecule has 0 aliphatic rings. The minimum atomic E-state index is -0.482. The number of nitrogens with zero attached hydrogens (tertiary/aromatic N) is 4. The average Bonchev–Trinajstić information content (AvgIpc) is 2.50. The van der Waals surface area contributed by atoms with Crippen LogP contribution in [0.15, 0.2) is 18.5 Å². The zero-order chi connectivity index (χ0) is 10.1. The molecule has 4 nitrogen and oxygen atoms in total. The summed E-state index contributed by atoms with van der Waals surface area (Å²) in [6.07, 6.45) is 2.17. The number of hydrogen-bond acceptors (Lipinski definition) is 3. The molecule has 2 heterocycles. The molecular formula is C7H3Cl2FN4. The second kappa shape index (κ2) is 3.51. The van der Waals surface area contributed by atoms with Gasteiger partial charge in [-0.25, -0.2) is 9.07 Å². The third-order valence-electron chi connectivity index (χ3n) is 1.41. The number of halogens is 3. The lowest BCUT2D eigenvalue weighted by molar-refractivity contribution is 0.626. The van der Waals surface area contributed by atoms with Crippen LogP contribution >= 0.6 is 23.2 Å². The molecule has 0 aromatic carbocycles. The Hall–Kier alpha value is -1.20. The lowest BCUT2D eigenvalue weighted by atomic mass is 10.6. The van der Waals surface area contributed by atoms with Gasteiger partial charge in [0.25, 0.3) is 5.95 Å². The predicted octanol–water partition coefficient (Wildman–Crippen LogP) is 2.11. The first-order valence-corrected chi connectivity index (χ1v) is 4.31. The molecule has 0 unspecified atom stereocenters. The molecule has 2 aromatic rings. The molecule has 14 heavy (non-hydrogen) atoms. The molecule has 0 bridgehead atoms. The Bertz CT molecular complexity index is 450. The van der Waals surface area contributed by atoms with Gasteiger partial charge in [-0.15, -0.1) is 0 Å². The van der Waals surface area contributed by atoms with Gasteiger partial charge in [-0.2, -0.15) is 15.1 Å². The van der Waals surface area contributed by atoms with E-state index >= 15 is 0 Å². The van der Waals surface area contributed by atoms with E-state index in [9.17, 15) is 4.39 Å². The molecule has 0 atom stereocenters. The van der Waals surface area contributed by atoms with Gasteiger partial charge in [0.05, 0.1) is 12.4 Å². The maximum atomic E-state index is 12.6. The second-order valence-corrected chi connectivity index (χ2v) is 3.19. The molecule has 0 saturated carbocycles. The van der Waals surface area contributed by atoms with E-state index in [4.69, 9.17) is 23.2 Å². The molecule has 0 aliphatic carbocycles. The minimum absolute atomic E-state index is 0.131. The predicted molar refractivity (Wildman–Crippen MR) is 49.1 cm³/mol. The molecule has 0 radical (unpaired) electrons. The fraction of sp³-hybridized carbons (Fsp3) is 0. The Kier molecular flexibility index (Phi) is 2.35. The first-order valence-electron chi connectivity index (χ1n) is 3.56. The van der Waals surface area contributed by atoms with Crippen LogP contribution in [-0.4, -0.2) is 19.7 Å². The quantitative estimate of drug-likeness (QED) is 0.708. The van der Waals surface area contributed by atoms with E-state index in [0.717, 1.165) is 17.1 Å². The largest absolute Gasteiger partial charge is 0.253 e. The van der Waals surface area contributed by atoms with E-state index in [1.54, 1.807) is 0 Å². The molecule has 0 amide bonds. The summed E-state index contributed by atoms with van der Waals surface area (Å²) in [5, 5.41) is 4.02. The summed E-state index contributed by atoms with van der Waals surface area (Å²) in [4.78, 5) is 7.64. The maximum Gasteiger partial charge on any atom is 0.253 e. The maximum absolute atomic E-state index is 12.6. The van der Waals surface area contributed by atoms with Crippen molar-refractivity contribution in [2.75, 3.05) is 0 Å². The van der Waals surface area contributed by atoms with E-state index in [1.807, 2.05) is 0 Å². The van der Waals surface area contributed by atoms with Crippen LogP contribution in [0.2, 0.25) is 10.3 Å². The number of aromatic nitrogens is 4. The average molecular weight is 233 g/mol. The normalized spacial score (nSPS) is 10.5. The number of rotatable bonds is 1. The van der Waals surface area contributed by atoms with Crippen molar-refractivity contribution in [1.29, 1.82) is 0 Å². The molecule has 0 aliphatic heterocycles. The Balaban J connectivity index is 2.51. The lowest BCUT2D eigenvalue weighted by Gasteiger charge is -1.99. The first kappa shape index (κ1) is 9.36. The summed E-state index contributed by atoms with van der Waals surface area (Å²) in [6.45, 7) is 0.